The Bertz CT molecular complexity index is 945. The fourth-order valence-corrected chi connectivity index (χ4v) is 2.81. The van der Waals surface area contributed by atoms with E-state index in [1.165, 1.54) is 11.3 Å². The SMILES string of the molecule is Cc1ccc(OCc2nnc(NC(=O)NCc3ccc(C#N)cc3)s2)cc1. The number of benzene rings is 2. The topological polar surface area (TPSA) is 99.9 Å². The average molecular weight is 379 g/mol. The number of carbonyl (C=O) groups excluding carboxylic acids is 1. The number of rotatable bonds is 6. The van der Waals surface area contributed by atoms with Crippen LogP contribution in [0.3, 0.4) is 0 Å². The molecule has 2 amide bonds. The summed E-state index contributed by atoms with van der Waals surface area (Å²) in [5, 5.41) is 23.2. The van der Waals surface area contributed by atoms with Crippen molar-refractivity contribution in [2.75, 3.05) is 5.32 Å². The molecule has 136 valence electrons. The van der Waals surface area contributed by atoms with E-state index in [0.717, 1.165) is 16.9 Å². The summed E-state index contributed by atoms with van der Waals surface area (Å²) >= 11 is 1.25. The molecule has 1 heterocycles. The quantitative estimate of drug-likeness (QED) is 0.681. The van der Waals surface area contributed by atoms with E-state index in [-0.39, 0.29) is 12.6 Å². The van der Waals surface area contributed by atoms with Gasteiger partial charge in [0.2, 0.25) is 5.13 Å². The summed E-state index contributed by atoms with van der Waals surface area (Å²) in [5.41, 5.74) is 2.64. The lowest BCUT2D eigenvalue weighted by molar-refractivity contribution is 0.251. The Hall–Kier alpha value is -3.44. The van der Waals surface area contributed by atoms with Gasteiger partial charge in [0, 0.05) is 6.54 Å². The van der Waals surface area contributed by atoms with Gasteiger partial charge in [-0.05, 0) is 36.8 Å². The van der Waals surface area contributed by atoms with E-state index in [1.807, 2.05) is 31.2 Å². The normalized spacial score (nSPS) is 10.1. The smallest absolute Gasteiger partial charge is 0.321 e. The van der Waals surface area contributed by atoms with E-state index in [9.17, 15) is 4.79 Å². The minimum atomic E-state index is -0.374. The zero-order chi connectivity index (χ0) is 19.1. The highest BCUT2D eigenvalue weighted by Gasteiger charge is 2.08. The van der Waals surface area contributed by atoms with Crippen LogP contribution in [0.1, 0.15) is 21.7 Å². The lowest BCUT2D eigenvalue weighted by Gasteiger charge is -2.05. The minimum absolute atomic E-state index is 0.287. The second-order valence-corrected chi connectivity index (χ2v) is 6.78. The predicted octanol–water partition coefficient (Wildman–Crippen LogP) is 3.62. The van der Waals surface area contributed by atoms with Crippen LogP contribution in [0.25, 0.3) is 0 Å². The van der Waals surface area contributed by atoms with E-state index in [2.05, 4.69) is 26.9 Å². The molecule has 1 aromatic heterocycles. The van der Waals surface area contributed by atoms with Crippen LogP contribution in [0.15, 0.2) is 48.5 Å². The summed E-state index contributed by atoms with van der Waals surface area (Å²) < 4.78 is 5.65. The van der Waals surface area contributed by atoms with E-state index in [0.29, 0.717) is 22.2 Å². The number of nitriles is 1. The maximum absolute atomic E-state index is 12.0. The van der Waals surface area contributed by atoms with Crippen LogP contribution in [0.4, 0.5) is 9.93 Å². The van der Waals surface area contributed by atoms with Gasteiger partial charge >= 0.3 is 6.03 Å². The fraction of sp³-hybridized carbons (Fsp3) is 0.158. The molecule has 0 bridgehead atoms. The molecule has 2 N–H and O–H groups in total. The lowest BCUT2D eigenvalue weighted by atomic mass is 10.1. The van der Waals surface area contributed by atoms with Gasteiger partial charge in [0.25, 0.3) is 0 Å². The van der Waals surface area contributed by atoms with Gasteiger partial charge in [0.1, 0.15) is 12.4 Å². The highest BCUT2D eigenvalue weighted by atomic mass is 32.1. The third-order valence-corrected chi connectivity index (χ3v) is 4.42. The maximum Gasteiger partial charge on any atom is 0.321 e. The number of amides is 2. The Morgan fingerprint density at radius 1 is 1.15 bits per heavy atom. The zero-order valence-corrected chi connectivity index (χ0v) is 15.4. The third-order valence-electron chi connectivity index (χ3n) is 3.61. The van der Waals surface area contributed by atoms with E-state index >= 15 is 0 Å². The number of nitrogens with one attached hydrogen (secondary N) is 2. The molecule has 0 fully saturated rings. The molecule has 7 nitrogen and oxygen atoms in total. The van der Waals surface area contributed by atoms with Gasteiger partial charge < -0.3 is 10.1 Å². The summed E-state index contributed by atoms with van der Waals surface area (Å²) in [4.78, 5) is 12.0. The van der Waals surface area contributed by atoms with Crippen molar-refractivity contribution in [3.8, 4) is 11.8 Å². The Morgan fingerprint density at radius 3 is 2.59 bits per heavy atom. The van der Waals surface area contributed by atoms with Crippen LogP contribution in [0, 0.1) is 18.3 Å². The monoisotopic (exact) mass is 379 g/mol. The van der Waals surface area contributed by atoms with Gasteiger partial charge in [-0.15, -0.1) is 10.2 Å². The van der Waals surface area contributed by atoms with Crippen LogP contribution in [0.2, 0.25) is 0 Å². The number of hydrogen-bond acceptors (Lipinski definition) is 6. The molecular formula is C19H17N5O2S. The second kappa shape index (κ2) is 8.78. The van der Waals surface area contributed by atoms with Crippen molar-refractivity contribution in [3.63, 3.8) is 0 Å². The molecule has 0 aliphatic carbocycles. The molecule has 0 radical (unpaired) electrons. The van der Waals surface area contributed by atoms with Crippen molar-refractivity contribution < 1.29 is 9.53 Å². The first-order valence-electron chi connectivity index (χ1n) is 8.18. The van der Waals surface area contributed by atoms with Crippen LogP contribution in [0.5, 0.6) is 5.75 Å². The van der Waals surface area contributed by atoms with Crippen molar-refractivity contribution in [1.82, 2.24) is 15.5 Å². The molecule has 0 unspecified atom stereocenters. The molecule has 8 heteroatoms. The van der Waals surface area contributed by atoms with E-state index < -0.39 is 0 Å². The average Bonchev–Trinajstić information content (AvgIpc) is 3.13. The summed E-state index contributed by atoms with van der Waals surface area (Å²) in [6, 6.07) is 16.4. The highest BCUT2D eigenvalue weighted by Crippen LogP contribution is 2.18. The molecule has 27 heavy (non-hydrogen) atoms. The number of aromatic nitrogens is 2. The Labute approximate surface area is 160 Å². The van der Waals surface area contributed by atoms with Gasteiger partial charge in [0.15, 0.2) is 5.01 Å². The summed E-state index contributed by atoms with van der Waals surface area (Å²) in [6.45, 7) is 2.65. The molecule has 2 aromatic carbocycles. The van der Waals surface area contributed by atoms with Gasteiger partial charge in [-0.3, -0.25) is 5.32 Å². The van der Waals surface area contributed by atoms with E-state index in [4.69, 9.17) is 10.00 Å². The first-order valence-corrected chi connectivity index (χ1v) is 9.00. The number of carbonyl (C=O) groups is 1. The van der Waals surface area contributed by atoms with Crippen molar-refractivity contribution in [3.05, 3.63) is 70.2 Å². The van der Waals surface area contributed by atoms with Crippen LogP contribution < -0.4 is 15.4 Å². The number of nitrogens with zero attached hydrogens (tertiary/aromatic N) is 3. The minimum Gasteiger partial charge on any atom is -0.486 e. The molecular weight excluding hydrogens is 362 g/mol. The third kappa shape index (κ3) is 5.52. The van der Waals surface area contributed by atoms with Crippen molar-refractivity contribution in [2.24, 2.45) is 0 Å². The molecule has 0 saturated heterocycles. The number of ether oxygens (including phenoxy) is 1. The largest absolute Gasteiger partial charge is 0.486 e. The number of hydrogen-bond donors (Lipinski definition) is 2. The number of anilines is 1. The molecule has 3 aromatic rings. The maximum atomic E-state index is 12.0. The lowest BCUT2D eigenvalue weighted by Crippen LogP contribution is -2.28. The van der Waals surface area contributed by atoms with Crippen molar-refractivity contribution >= 4 is 22.5 Å². The molecule has 0 aliphatic heterocycles. The first kappa shape index (κ1) is 18.4. The Morgan fingerprint density at radius 2 is 1.89 bits per heavy atom. The fourth-order valence-electron chi connectivity index (χ4n) is 2.16. The number of urea groups is 1. The molecule has 0 atom stereocenters. The number of aryl methyl sites for hydroxylation is 1. The predicted molar refractivity (Wildman–Crippen MR) is 102 cm³/mol. The Balaban J connectivity index is 1.45. The van der Waals surface area contributed by atoms with Crippen molar-refractivity contribution in [2.45, 2.75) is 20.1 Å². The van der Waals surface area contributed by atoms with Crippen LogP contribution >= 0.6 is 11.3 Å². The van der Waals surface area contributed by atoms with Gasteiger partial charge in [0.05, 0.1) is 11.6 Å². The highest BCUT2D eigenvalue weighted by molar-refractivity contribution is 7.15. The Kier molecular flexibility index (Phi) is 5.97. The van der Waals surface area contributed by atoms with Gasteiger partial charge in [-0.2, -0.15) is 5.26 Å². The van der Waals surface area contributed by atoms with Gasteiger partial charge in [-0.1, -0.05) is 41.2 Å². The molecule has 3 rings (SSSR count). The second-order valence-electron chi connectivity index (χ2n) is 5.72. The molecule has 0 aliphatic rings. The molecule has 0 spiro atoms. The van der Waals surface area contributed by atoms with Crippen LogP contribution in [-0.2, 0) is 13.2 Å². The van der Waals surface area contributed by atoms with Crippen LogP contribution in [-0.4, -0.2) is 16.2 Å². The standard InChI is InChI=1S/C19H17N5O2S/c1-13-2-8-16(9-3-13)26-12-17-23-24-19(27-17)22-18(25)21-11-15-6-4-14(10-20)5-7-15/h2-9H,11-12H2,1H3,(H2,21,22,24,25). The summed E-state index contributed by atoms with van der Waals surface area (Å²) in [6.07, 6.45) is 0. The zero-order valence-electron chi connectivity index (χ0n) is 14.6. The first-order chi connectivity index (χ1) is 13.1. The summed E-state index contributed by atoms with van der Waals surface area (Å²) in [5.74, 6) is 0.755. The van der Waals surface area contributed by atoms with Gasteiger partial charge in [-0.25, -0.2) is 4.79 Å². The van der Waals surface area contributed by atoms with E-state index in [1.54, 1.807) is 24.3 Å². The van der Waals surface area contributed by atoms with Crippen molar-refractivity contribution in [1.29, 1.82) is 5.26 Å². The molecule has 0 saturated carbocycles. The summed E-state index contributed by atoms with van der Waals surface area (Å²) in [7, 11) is 0.